The van der Waals surface area contributed by atoms with E-state index in [9.17, 15) is 4.79 Å². The van der Waals surface area contributed by atoms with Gasteiger partial charge in [-0.1, -0.05) is 12.1 Å². The van der Waals surface area contributed by atoms with E-state index in [0.717, 1.165) is 26.3 Å². The molecule has 6 heteroatoms. The van der Waals surface area contributed by atoms with Gasteiger partial charge in [-0.15, -0.1) is 0 Å². The van der Waals surface area contributed by atoms with Gasteiger partial charge < -0.3 is 5.32 Å². The first kappa shape index (κ1) is 12.5. The molecule has 1 N–H and O–H groups in total. The van der Waals surface area contributed by atoms with Gasteiger partial charge in [0.25, 0.3) is 5.91 Å². The van der Waals surface area contributed by atoms with Crippen LogP contribution in [0.15, 0.2) is 42.5 Å². The molecule has 2 aromatic carbocycles. The van der Waals surface area contributed by atoms with Crippen LogP contribution >= 0.6 is 34.3 Å². The zero-order chi connectivity index (χ0) is 13.2. The molecule has 0 saturated heterocycles. The smallest absolute Gasteiger partial charge is 0.255 e. The Morgan fingerprint density at radius 3 is 2.84 bits per heavy atom. The average Bonchev–Trinajstić information content (AvgIpc) is 2.88. The molecule has 3 aromatic rings. The van der Waals surface area contributed by atoms with Crippen LogP contribution in [0.1, 0.15) is 10.4 Å². The second-order valence-corrected chi connectivity index (χ2v) is 5.68. The van der Waals surface area contributed by atoms with Crippen LogP contribution in [0.2, 0.25) is 0 Å². The number of carbonyl (C=O) groups excluding carboxylic acids is 1. The van der Waals surface area contributed by atoms with Crippen molar-refractivity contribution < 1.29 is 4.79 Å². The highest BCUT2D eigenvalue weighted by Crippen LogP contribution is 2.21. The van der Waals surface area contributed by atoms with Gasteiger partial charge in [0.1, 0.15) is 11.0 Å². The van der Waals surface area contributed by atoms with Gasteiger partial charge in [-0.3, -0.25) is 4.79 Å². The summed E-state index contributed by atoms with van der Waals surface area (Å²) in [6.07, 6.45) is 0. The van der Waals surface area contributed by atoms with Gasteiger partial charge in [-0.25, -0.2) is 0 Å². The summed E-state index contributed by atoms with van der Waals surface area (Å²) in [5, 5.41) is 2.88. The summed E-state index contributed by atoms with van der Waals surface area (Å²) in [7, 11) is 0. The number of anilines is 1. The van der Waals surface area contributed by atoms with Crippen molar-refractivity contribution in [3.63, 3.8) is 0 Å². The maximum Gasteiger partial charge on any atom is 0.255 e. The van der Waals surface area contributed by atoms with Crippen LogP contribution in [0.4, 0.5) is 5.69 Å². The van der Waals surface area contributed by atoms with Crippen LogP contribution in [-0.2, 0) is 0 Å². The average molecular weight is 381 g/mol. The van der Waals surface area contributed by atoms with Crippen molar-refractivity contribution in [2.24, 2.45) is 0 Å². The van der Waals surface area contributed by atoms with E-state index in [0.29, 0.717) is 11.3 Å². The molecule has 0 bridgehead atoms. The Hall–Kier alpha value is -1.54. The predicted molar refractivity (Wildman–Crippen MR) is 84.5 cm³/mol. The number of amides is 1. The van der Waals surface area contributed by atoms with E-state index in [4.69, 9.17) is 0 Å². The third-order valence-electron chi connectivity index (χ3n) is 2.62. The molecule has 0 spiro atoms. The van der Waals surface area contributed by atoms with E-state index in [1.165, 1.54) is 0 Å². The summed E-state index contributed by atoms with van der Waals surface area (Å²) < 4.78 is 9.38. The van der Waals surface area contributed by atoms with Crippen molar-refractivity contribution in [1.82, 2.24) is 8.75 Å². The number of halogens is 1. The van der Waals surface area contributed by atoms with Gasteiger partial charge in [0.15, 0.2) is 0 Å². The summed E-state index contributed by atoms with van der Waals surface area (Å²) in [5.74, 6) is -0.140. The number of fused-ring (bicyclic) bond motifs is 1. The minimum Gasteiger partial charge on any atom is -0.320 e. The first-order valence-electron chi connectivity index (χ1n) is 5.52. The van der Waals surface area contributed by atoms with Crippen LogP contribution < -0.4 is 5.32 Å². The molecule has 19 heavy (non-hydrogen) atoms. The van der Waals surface area contributed by atoms with Crippen molar-refractivity contribution in [2.45, 2.75) is 0 Å². The number of aromatic nitrogens is 2. The van der Waals surface area contributed by atoms with E-state index >= 15 is 0 Å². The number of nitrogens with one attached hydrogen (secondary N) is 1. The Morgan fingerprint density at radius 2 is 2.00 bits per heavy atom. The monoisotopic (exact) mass is 381 g/mol. The van der Waals surface area contributed by atoms with Gasteiger partial charge >= 0.3 is 0 Å². The molecular weight excluding hydrogens is 373 g/mol. The SMILES string of the molecule is O=C(Nc1cccc2nsnc12)c1cccc(I)c1. The third-order valence-corrected chi connectivity index (χ3v) is 3.83. The lowest BCUT2D eigenvalue weighted by atomic mass is 10.2. The summed E-state index contributed by atoms with van der Waals surface area (Å²) in [5.41, 5.74) is 2.85. The molecule has 0 aliphatic carbocycles. The number of hydrogen-bond donors (Lipinski definition) is 1. The Morgan fingerprint density at radius 1 is 1.16 bits per heavy atom. The van der Waals surface area contributed by atoms with E-state index in [1.807, 2.05) is 36.4 Å². The molecule has 1 amide bonds. The number of nitrogens with zero attached hydrogens (tertiary/aromatic N) is 2. The maximum absolute atomic E-state index is 12.2. The molecule has 0 fully saturated rings. The lowest BCUT2D eigenvalue weighted by Crippen LogP contribution is -2.12. The minimum absolute atomic E-state index is 0.140. The minimum atomic E-state index is -0.140. The zero-order valence-corrected chi connectivity index (χ0v) is 12.6. The van der Waals surface area contributed by atoms with E-state index in [2.05, 4.69) is 36.7 Å². The Balaban J connectivity index is 1.93. The topological polar surface area (TPSA) is 54.9 Å². The van der Waals surface area contributed by atoms with Gasteiger partial charge in [0, 0.05) is 9.13 Å². The molecule has 1 heterocycles. The van der Waals surface area contributed by atoms with Crippen LogP contribution in [0.3, 0.4) is 0 Å². The fraction of sp³-hybridized carbons (Fsp3) is 0. The molecule has 1 aromatic heterocycles. The van der Waals surface area contributed by atoms with Gasteiger partial charge in [0.2, 0.25) is 0 Å². The highest BCUT2D eigenvalue weighted by Gasteiger charge is 2.10. The molecule has 94 valence electrons. The predicted octanol–water partition coefficient (Wildman–Crippen LogP) is 3.55. The Kier molecular flexibility index (Phi) is 3.43. The highest BCUT2D eigenvalue weighted by molar-refractivity contribution is 14.1. The van der Waals surface area contributed by atoms with Crippen LogP contribution in [-0.4, -0.2) is 14.7 Å². The normalized spacial score (nSPS) is 10.6. The van der Waals surface area contributed by atoms with E-state index in [-0.39, 0.29) is 5.91 Å². The fourth-order valence-electron chi connectivity index (χ4n) is 1.73. The van der Waals surface area contributed by atoms with Gasteiger partial charge in [0.05, 0.1) is 17.4 Å². The van der Waals surface area contributed by atoms with E-state index < -0.39 is 0 Å². The largest absolute Gasteiger partial charge is 0.320 e. The maximum atomic E-state index is 12.2. The second kappa shape index (κ2) is 5.22. The number of benzene rings is 2. The molecule has 0 atom stereocenters. The second-order valence-electron chi connectivity index (χ2n) is 3.90. The first-order valence-corrected chi connectivity index (χ1v) is 7.33. The van der Waals surface area contributed by atoms with Crippen molar-refractivity contribution in [1.29, 1.82) is 0 Å². The first-order chi connectivity index (χ1) is 9.24. The van der Waals surface area contributed by atoms with Gasteiger partial charge in [-0.05, 0) is 52.9 Å². The molecule has 4 nitrogen and oxygen atoms in total. The Bertz CT molecular complexity index is 756. The summed E-state index contributed by atoms with van der Waals surface area (Å²) in [6, 6.07) is 13.0. The zero-order valence-electron chi connectivity index (χ0n) is 9.63. The van der Waals surface area contributed by atoms with Crippen molar-refractivity contribution >= 4 is 56.9 Å². The number of hydrogen-bond acceptors (Lipinski definition) is 4. The standard InChI is InChI=1S/C13H8IN3OS/c14-9-4-1-3-8(7-9)13(18)15-10-5-2-6-11-12(10)17-19-16-11/h1-7H,(H,15,18). The fourth-order valence-corrected chi connectivity index (χ4v) is 2.82. The molecule has 0 aliphatic heterocycles. The lowest BCUT2D eigenvalue weighted by Gasteiger charge is -2.05. The summed E-state index contributed by atoms with van der Waals surface area (Å²) >= 11 is 3.32. The Labute approximate surface area is 127 Å². The van der Waals surface area contributed by atoms with Crippen LogP contribution in [0.5, 0.6) is 0 Å². The quantitative estimate of drug-likeness (QED) is 0.691. The number of rotatable bonds is 2. The molecule has 0 radical (unpaired) electrons. The van der Waals surface area contributed by atoms with E-state index in [1.54, 1.807) is 6.07 Å². The summed E-state index contributed by atoms with van der Waals surface area (Å²) in [6.45, 7) is 0. The molecule has 3 rings (SSSR count). The highest BCUT2D eigenvalue weighted by atomic mass is 127. The van der Waals surface area contributed by atoms with Gasteiger partial charge in [-0.2, -0.15) is 8.75 Å². The van der Waals surface area contributed by atoms with Crippen LogP contribution in [0.25, 0.3) is 11.0 Å². The third kappa shape index (κ3) is 2.59. The van der Waals surface area contributed by atoms with Crippen molar-refractivity contribution in [2.75, 3.05) is 5.32 Å². The molecule has 0 unspecified atom stereocenters. The van der Waals surface area contributed by atoms with Crippen molar-refractivity contribution in [3.8, 4) is 0 Å². The molecule has 0 saturated carbocycles. The van der Waals surface area contributed by atoms with Crippen LogP contribution in [0, 0.1) is 3.57 Å². The molecule has 0 aliphatic rings. The summed E-state index contributed by atoms with van der Waals surface area (Å²) in [4.78, 5) is 12.2. The van der Waals surface area contributed by atoms with Crippen molar-refractivity contribution in [3.05, 3.63) is 51.6 Å². The molecular formula is C13H8IN3OS. The lowest BCUT2D eigenvalue weighted by molar-refractivity contribution is 0.102. The number of carbonyl (C=O) groups is 1.